The molecule has 0 aliphatic carbocycles. The number of amides is 1. The van der Waals surface area contributed by atoms with Crippen LogP contribution in [0.1, 0.15) is 42.6 Å². The second-order valence-corrected chi connectivity index (χ2v) is 8.00. The monoisotopic (exact) mass is 437 g/mol. The lowest BCUT2D eigenvalue weighted by Gasteiger charge is -2.34. The van der Waals surface area contributed by atoms with Crippen molar-refractivity contribution in [3.63, 3.8) is 0 Å². The number of hydrogen-bond acceptors (Lipinski definition) is 3. The van der Waals surface area contributed by atoms with E-state index in [1.165, 1.54) is 12.1 Å². The fourth-order valence-electron chi connectivity index (χ4n) is 4.08. The molecule has 1 aliphatic rings. The third-order valence-corrected chi connectivity index (χ3v) is 5.75. The molecule has 1 fully saturated rings. The number of piperidine rings is 1. The highest BCUT2D eigenvalue weighted by Gasteiger charge is 2.28. The smallest absolute Gasteiger partial charge is 0.250 e. The van der Waals surface area contributed by atoms with E-state index in [4.69, 9.17) is 4.74 Å². The highest BCUT2D eigenvalue weighted by Crippen LogP contribution is 2.31. The SMILES string of the molecule is COc1cc(/C=C2\CCCN([C@H](C)c3cc(F)cc(F)c3)C2=O)ccc1-n1cnc(C)c1. The first-order chi connectivity index (χ1) is 15.4. The van der Waals surface area contributed by atoms with E-state index < -0.39 is 17.7 Å². The maximum absolute atomic E-state index is 13.7. The molecule has 1 atom stereocenters. The van der Waals surface area contributed by atoms with E-state index in [1.807, 2.05) is 42.0 Å². The van der Waals surface area contributed by atoms with Crippen LogP contribution in [0.5, 0.6) is 5.75 Å². The summed E-state index contributed by atoms with van der Waals surface area (Å²) in [6, 6.07) is 8.70. The molecule has 2 aromatic carbocycles. The fraction of sp³-hybridized carbons (Fsp3) is 0.280. The van der Waals surface area contributed by atoms with Gasteiger partial charge in [-0.3, -0.25) is 4.79 Å². The third kappa shape index (κ3) is 4.42. The van der Waals surface area contributed by atoms with Gasteiger partial charge in [-0.15, -0.1) is 0 Å². The van der Waals surface area contributed by atoms with Crippen LogP contribution >= 0.6 is 0 Å². The van der Waals surface area contributed by atoms with Crippen LogP contribution in [0.3, 0.4) is 0 Å². The van der Waals surface area contributed by atoms with Gasteiger partial charge in [-0.25, -0.2) is 13.8 Å². The molecule has 0 unspecified atom stereocenters. The van der Waals surface area contributed by atoms with Crippen LogP contribution in [-0.2, 0) is 4.79 Å². The number of methoxy groups -OCH3 is 1. The van der Waals surface area contributed by atoms with Crippen molar-refractivity contribution in [1.29, 1.82) is 0 Å². The summed E-state index contributed by atoms with van der Waals surface area (Å²) in [6.45, 7) is 4.25. The van der Waals surface area contributed by atoms with Crippen LogP contribution in [0.2, 0.25) is 0 Å². The lowest BCUT2D eigenvalue weighted by molar-refractivity contribution is -0.130. The number of benzene rings is 2. The summed E-state index contributed by atoms with van der Waals surface area (Å²) in [5.41, 5.74) is 3.70. The lowest BCUT2D eigenvalue weighted by Crippen LogP contribution is -2.38. The van der Waals surface area contributed by atoms with Gasteiger partial charge in [0, 0.05) is 24.4 Å². The van der Waals surface area contributed by atoms with Gasteiger partial charge in [0.05, 0.1) is 30.9 Å². The molecule has 2 heterocycles. The Kier molecular flexibility index (Phi) is 6.08. The van der Waals surface area contributed by atoms with Crippen molar-refractivity contribution < 1.29 is 18.3 Å². The van der Waals surface area contributed by atoms with Gasteiger partial charge >= 0.3 is 0 Å². The summed E-state index contributed by atoms with van der Waals surface area (Å²) in [4.78, 5) is 19.1. The Morgan fingerprint density at radius 1 is 1.16 bits per heavy atom. The van der Waals surface area contributed by atoms with Gasteiger partial charge in [0.2, 0.25) is 5.91 Å². The van der Waals surface area contributed by atoms with Crippen molar-refractivity contribution in [2.24, 2.45) is 0 Å². The number of nitrogens with zero attached hydrogens (tertiary/aromatic N) is 3. The standard InChI is InChI=1S/C25H25F2N3O2/c1-16-14-29(15-28-16)23-7-6-18(10-24(23)32-3)9-19-5-4-8-30(25(19)31)17(2)20-11-21(26)13-22(27)12-20/h6-7,9-15,17H,4-5,8H2,1-3H3/b19-9+/t17-/m1/s1. The Balaban J connectivity index is 1.60. The van der Waals surface area contributed by atoms with Crippen molar-refractivity contribution in [3.8, 4) is 11.4 Å². The van der Waals surface area contributed by atoms with Crippen molar-refractivity contribution >= 4 is 12.0 Å². The minimum absolute atomic E-state index is 0.123. The number of hydrogen-bond donors (Lipinski definition) is 0. The number of carbonyl (C=O) groups is 1. The summed E-state index contributed by atoms with van der Waals surface area (Å²) in [5, 5.41) is 0. The van der Waals surface area contributed by atoms with Crippen molar-refractivity contribution in [2.45, 2.75) is 32.7 Å². The molecule has 0 saturated carbocycles. The van der Waals surface area contributed by atoms with Crippen LogP contribution in [0.15, 0.2) is 54.5 Å². The zero-order chi connectivity index (χ0) is 22.8. The Bertz CT molecular complexity index is 1170. The molecular formula is C25H25F2N3O2. The largest absolute Gasteiger partial charge is 0.495 e. The van der Waals surface area contributed by atoms with Gasteiger partial charge in [0.25, 0.3) is 0 Å². The van der Waals surface area contributed by atoms with Crippen molar-refractivity contribution in [2.75, 3.05) is 13.7 Å². The first kappa shape index (κ1) is 21.7. The molecule has 0 N–H and O–H groups in total. The summed E-state index contributed by atoms with van der Waals surface area (Å²) < 4.78 is 34.8. The number of rotatable bonds is 5. The predicted octanol–water partition coefficient (Wildman–Crippen LogP) is 5.23. The average Bonchev–Trinajstić information content (AvgIpc) is 3.20. The summed E-state index contributed by atoms with van der Waals surface area (Å²) >= 11 is 0. The lowest BCUT2D eigenvalue weighted by atomic mass is 9.97. The fourth-order valence-corrected chi connectivity index (χ4v) is 4.08. The van der Waals surface area contributed by atoms with Crippen LogP contribution in [0, 0.1) is 18.6 Å². The molecule has 166 valence electrons. The van der Waals surface area contributed by atoms with E-state index in [2.05, 4.69) is 4.98 Å². The van der Waals surface area contributed by atoms with Gasteiger partial charge in [-0.1, -0.05) is 6.07 Å². The van der Waals surface area contributed by atoms with E-state index in [0.29, 0.717) is 29.9 Å². The van der Waals surface area contributed by atoms with Gasteiger partial charge in [-0.2, -0.15) is 0 Å². The average molecular weight is 437 g/mol. The molecule has 32 heavy (non-hydrogen) atoms. The summed E-state index contributed by atoms with van der Waals surface area (Å²) in [6.07, 6.45) is 6.92. The van der Waals surface area contributed by atoms with Crippen LogP contribution in [0.25, 0.3) is 11.8 Å². The number of carbonyl (C=O) groups excluding carboxylic acids is 1. The number of halogens is 2. The zero-order valence-corrected chi connectivity index (χ0v) is 18.3. The molecular weight excluding hydrogens is 412 g/mol. The minimum atomic E-state index is -0.646. The Labute approximate surface area is 186 Å². The highest BCUT2D eigenvalue weighted by molar-refractivity contribution is 5.98. The third-order valence-electron chi connectivity index (χ3n) is 5.75. The van der Waals surface area contributed by atoms with Gasteiger partial charge in [0.1, 0.15) is 17.4 Å². The molecule has 0 spiro atoms. The number of aromatic nitrogens is 2. The van der Waals surface area contributed by atoms with E-state index in [0.717, 1.165) is 29.4 Å². The first-order valence-corrected chi connectivity index (χ1v) is 10.5. The molecule has 0 radical (unpaired) electrons. The molecule has 1 amide bonds. The molecule has 4 rings (SSSR count). The van der Waals surface area contributed by atoms with Crippen LogP contribution in [-0.4, -0.2) is 34.0 Å². The Hall–Kier alpha value is -3.48. The van der Waals surface area contributed by atoms with E-state index in [9.17, 15) is 13.6 Å². The molecule has 1 saturated heterocycles. The maximum Gasteiger partial charge on any atom is 0.250 e. The second kappa shape index (κ2) is 8.94. The molecule has 1 aromatic heterocycles. The normalized spacial score (nSPS) is 16.5. The topological polar surface area (TPSA) is 47.4 Å². The summed E-state index contributed by atoms with van der Waals surface area (Å²) in [7, 11) is 1.60. The number of likely N-dealkylation sites (tertiary alicyclic amines) is 1. The Morgan fingerprint density at radius 3 is 2.56 bits per heavy atom. The quantitative estimate of drug-likeness (QED) is 0.513. The zero-order valence-electron chi connectivity index (χ0n) is 18.3. The predicted molar refractivity (Wildman–Crippen MR) is 119 cm³/mol. The second-order valence-electron chi connectivity index (χ2n) is 8.00. The molecule has 7 heteroatoms. The highest BCUT2D eigenvalue weighted by atomic mass is 19.1. The van der Waals surface area contributed by atoms with E-state index in [1.54, 1.807) is 25.3 Å². The number of aryl methyl sites for hydroxylation is 1. The minimum Gasteiger partial charge on any atom is -0.495 e. The maximum atomic E-state index is 13.7. The van der Waals surface area contributed by atoms with Crippen molar-refractivity contribution in [3.05, 3.63) is 83.0 Å². The van der Waals surface area contributed by atoms with E-state index >= 15 is 0 Å². The van der Waals surface area contributed by atoms with E-state index in [-0.39, 0.29) is 5.91 Å². The molecule has 1 aliphatic heterocycles. The number of imidazole rings is 1. The number of ether oxygens (including phenoxy) is 1. The molecule has 0 bridgehead atoms. The van der Waals surface area contributed by atoms with Gasteiger partial charge < -0.3 is 14.2 Å². The molecule has 5 nitrogen and oxygen atoms in total. The van der Waals surface area contributed by atoms with Crippen LogP contribution < -0.4 is 4.74 Å². The summed E-state index contributed by atoms with van der Waals surface area (Å²) in [5.74, 6) is -0.748. The Morgan fingerprint density at radius 2 is 1.91 bits per heavy atom. The van der Waals surface area contributed by atoms with Gasteiger partial charge in [0.15, 0.2) is 0 Å². The first-order valence-electron chi connectivity index (χ1n) is 10.5. The van der Waals surface area contributed by atoms with Crippen molar-refractivity contribution in [1.82, 2.24) is 14.5 Å². The molecule has 3 aromatic rings. The van der Waals surface area contributed by atoms with Crippen LogP contribution in [0.4, 0.5) is 8.78 Å². The van der Waals surface area contributed by atoms with Gasteiger partial charge in [-0.05, 0) is 68.2 Å².